The Hall–Kier alpha value is -5.65. The zero-order valence-corrected chi connectivity index (χ0v) is 27.7. The minimum absolute atomic E-state index is 0.0446. The fourth-order valence-corrected chi connectivity index (χ4v) is 8.35. The van der Waals surface area contributed by atoms with Gasteiger partial charge in [-0.05, 0) is 66.3 Å². The van der Waals surface area contributed by atoms with Gasteiger partial charge in [-0.25, -0.2) is 4.99 Å². The molecule has 5 aliphatic rings. The molecule has 3 aliphatic carbocycles. The molecule has 3 heterocycles. The summed E-state index contributed by atoms with van der Waals surface area (Å²) in [6, 6.07) is 32.9. The predicted octanol–water partition coefficient (Wildman–Crippen LogP) is 9.58. The van der Waals surface area contributed by atoms with Gasteiger partial charge in [0.2, 0.25) is 0 Å². The lowest BCUT2D eigenvalue weighted by Gasteiger charge is -2.35. The zero-order valence-electron chi connectivity index (χ0n) is 27.7. The second-order valence-corrected chi connectivity index (χ2v) is 13.8. The Balaban J connectivity index is 1.05. The summed E-state index contributed by atoms with van der Waals surface area (Å²) in [7, 11) is 0. The van der Waals surface area contributed by atoms with Crippen molar-refractivity contribution in [3.63, 3.8) is 0 Å². The smallest absolute Gasteiger partial charge is 0.131 e. The van der Waals surface area contributed by atoms with E-state index >= 15 is 0 Å². The van der Waals surface area contributed by atoms with Gasteiger partial charge < -0.3 is 14.6 Å². The van der Waals surface area contributed by atoms with Crippen LogP contribution in [0.3, 0.4) is 0 Å². The minimum atomic E-state index is -0.147. The molecule has 2 aliphatic heterocycles. The SMILES string of the molecule is C1=CCC(C2NC(c3ccc4c(c3)OC3C=CC=C(n5c6ccccc6c6ccc(C7=CCCC=C7)cc65)C43)=NC(c3ccccc3)N2)C=C1. The summed E-state index contributed by atoms with van der Waals surface area (Å²) in [5.74, 6) is 2.19. The number of aromatic nitrogens is 1. The number of aliphatic imine (C=N–C) groups is 1. The van der Waals surface area contributed by atoms with Crippen molar-refractivity contribution in [2.24, 2.45) is 10.9 Å². The van der Waals surface area contributed by atoms with Gasteiger partial charge >= 0.3 is 0 Å². The van der Waals surface area contributed by atoms with Crippen molar-refractivity contribution >= 4 is 38.9 Å². The number of nitrogens with zero attached hydrogens (tertiary/aromatic N) is 2. The van der Waals surface area contributed by atoms with E-state index in [0.717, 1.165) is 42.0 Å². The molecule has 5 unspecified atom stereocenters. The number of nitrogens with one attached hydrogen (secondary N) is 2. The van der Waals surface area contributed by atoms with Crippen molar-refractivity contribution in [2.45, 2.75) is 43.6 Å². The number of benzene rings is 4. The first-order valence-corrected chi connectivity index (χ1v) is 17.9. The monoisotopic (exact) mass is 650 g/mol. The standard InChI is InChI=1S/C45H38N4O/c1-4-13-29(14-5-1)32-23-25-35-34-19-10-11-20-37(34)49(39(35)27-32)38-21-12-22-40-42(38)36-26-24-33(28-41(36)50-40)45-47-43(30-15-6-2-7-16-30)46-44(48-45)31-17-8-3-9-18-31/h2-4,6-17,19-28,31,40,42-44,46H,1,5,18H2,(H,47,48). The average molecular weight is 651 g/mol. The quantitative estimate of drug-likeness (QED) is 0.199. The molecule has 4 aromatic carbocycles. The van der Waals surface area contributed by atoms with Crippen molar-refractivity contribution in [3.8, 4) is 5.75 Å². The van der Waals surface area contributed by atoms with Crippen molar-refractivity contribution in [3.05, 3.63) is 174 Å². The molecule has 0 amide bonds. The zero-order chi connectivity index (χ0) is 33.0. The van der Waals surface area contributed by atoms with Crippen LogP contribution < -0.4 is 15.4 Å². The molecule has 244 valence electrons. The largest absolute Gasteiger partial charge is 0.485 e. The Kier molecular flexibility index (Phi) is 7.05. The summed E-state index contributed by atoms with van der Waals surface area (Å²) in [4.78, 5) is 5.21. The fourth-order valence-electron chi connectivity index (χ4n) is 8.35. The highest BCUT2D eigenvalue weighted by Gasteiger charge is 2.39. The molecule has 5 nitrogen and oxygen atoms in total. The number of hydrogen-bond acceptors (Lipinski definition) is 4. The van der Waals surface area contributed by atoms with E-state index in [1.165, 1.54) is 44.2 Å². The maximum Gasteiger partial charge on any atom is 0.131 e. The predicted molar refractivity (Wildman–Crippen MR) is 205 cm³/mol. The van der Waals surface area contributed by atoms with E-state index in [1.54, 1.807) is 0 Å². The highest BCUT2D eigenvalue weighted by molar-refractivity contribution is 6.11. The van der Waals surface area contributed by atoms with Gasteiger partial charge in [0.25, 0.3) is 0 Å². The van der Waals surface area contributed by atoms with Gasteiger partial charge in [0.05, 0.1) is 23.1 Å². The Labute approximate surface area is 292 Å². The van der Waals surface area contributed by atoms with Crippen LogP contribution in [0.5, 0.6) is 5.75 Å². The third kappa shape index (κ3) is 4.92. The molecule has 5 heteroatoms. The summed E-state index contributed by atoms with van der Waals surface area (Å²) >= 11 is 0. The number of fused-ring (bicyclic) bond motifs is 6. The van der Waals surface area contributed by atoms with E-state index in [0.29, 0.717) is 5.92 Å². The molecule has 10 rings (SSSR count). The Morgan fingerprint density at radius 3 is 2.52 bits per heavy atom. The highest BCUT2D eigenvalue weighted by Crippen LogP contribution is 2.49. The van der Waals surface area contributed by atoms with Crippen LogP contribution in [0.4, 0.5) is 0 Å². The van der Waals surface area contributed by atoms with E-state index in [9.17, 15) is 0 Å². The lowest BCUT2D eigenvalue weighted by molar-refractivity contribution is 0.270. The summed E-state index contributed by atoms with van der Waals surface area (Å²) < 4.78 is 9.27. The normalized spacial score (nSPS) is 25.0. The van der Waals surface area contributed by atoms with Gasteiger partial charge in [-0.1, -0.05) is 121 Å². The van der Waals surface area contributed by atoms with Crippen LogP contribution in [0, 0.1) is 5.92 Å². The average Bonchev–Trinajstić information content (AvgIpc) is 3.74. The lowest BCUT2D eigenvalue weighted by atomic mass is 9.88. The Morgan fingerprint density at radius 2 is 1.64 bits per heavy atom. The molecule has 5 aromatic rings. The third-order valence-electron chi connectivity index (χ3n) is 10.8. The second kappa shape index (κ2) is 12.0. The topological polar surface area (TPSA) is 50.6 Å². The number of rotatable bonds is 5. The first-order chi connectivity index (χ1) is 24.8. The number of hydrogen-bond donors (Lipinski definition) is 2. The molecular formula is C45H38N4O. The van der Waals surface area contributed by atoms with E-state index in [2.05, 4.69) is 167 Å². The van der Waals surface area contributed by atoms with E-state index in [-0.39, 0.29) is 24.4 Å². The van der Waals surface area contributed by atoms with E-state index in [1.807, 2.05) is 0 Å². The Morgan fingerprint density at radius 1 is 0.760 bits per heavy atom. The van der Waals surface area contributed by atoms with E-state index < -0.39 is 0 Å². The molecule has 50 heavy (non-hydrogen) atoms. The van der Waals surface area contributed by atoms with Crippen LogP contribution >= 0.6 is 0 Å². The fraction of sp³-hybridized carbons (Fsp3) is 0.178. The van der Waals surface area contributed by atoms with Crippen LogP contribution in [-0.4, -0.2) is 22.7 Å². The number of para-hydroxylation sites is 1. The van der Waals surface area contributed by atoms with Gasteiger partial charge in [-0.2, -0.15) is 0 Å². The van der Waals surface area contributed by atoms with Gasteiger partial charge in [0.15, 0.2) is 0 Å². The molecule has 0 saturated heterocycles. The molecule has 0 saturated carbocycles. The molecule has 0 fully saturated rings. The maximum absolute atomic E-state index is 6.79. The molecule has 1 aromatic heterocycles. The highest BCUT2D eigenvalue weighted by atomic mass is 16.5. The van der Waals surface area contributed by atoms with E-state index in [4.69, 9.17) is 9.73 Å². The van der Waals surface area contributed by atoms with Gasteiger partial charge in [0, 0.05) is 33.5 Å². The summed E-state index contributed by atoms with van der Waals surface area (Å²) in [5.41, 5.74) is 9.64. The number of ether oxygens (including phenoxy) is 1. The van der Waals surface area contributed by atoms with Crippen LogP contribution in [0.25, 0.3) is 33.1 Å². The first kappa shape index (κ1) is 29.3. The first-order valence-electron chi connectivity index (χ1n) is 17.9. The molecule has 5 atom stereocenters. The van der Waals surface area contributed by atoms with Crippen molar-refractivity contribution in [1.29, 1.82) is 0 Å². The molecule has 0 bridgehead atoms. The summed E-state index contributed by atoms with van der Waals surface area (Å²) in [6.07, 6.45) is 25.3. The number of allylic oxidation sites excluding steroid dienone is 9. The lowest BCUT2D eigenvalue weighted by Crippen LogP contribution is -2.54. The van der Waals surface area contributed by atoms with Crippen LogP contribution in [0.15, 0.2) is 157 Å². The number of amidine groups is 1. The molecule has 0 radical (unpaired) electrons. The van der Waals surface area contributed by atoms with Gasteiger partial charge in [-0.3, -0.25) is 5.32 Å². The Bertz CT molecular complexity index is 2370. The maximum atomic E-state index is 6.79. The van der Waals surface area contributed by atoms with Crippen LogP contribution in [0.2, 0.25) is 0 Å². The van der Waals surface area contributed by atoms with Gasteiger partial charge in [0.1, 0.15) is 23.9 Å². The summed E-state index contributed by atoms with van der Waals surface area (Å²) in [6.45, 7) is 0. The van der Waals surface area contributed by atoms with Crippen molar-refractivity contribution < 1.29 is 4.74 Å². The van der Waals surface area contributed by atoms with Crippen molar-refractivity contribution in [2.75, 3.05) is 0 Å². The van der Waals surface area contributed by atoms with Gasteiger partial charge in [-0.15, -0.1) is 0 Å². The minimum Gasteiger partial charge on any atom is -0.485 e. The molecule has 2 N–H and O–H groups in total. The second-order valence-electron chi connectivity index (χ2n) is 13.8. The van der Waals surface area contributed by atoms with Crippen LogP contribution in [0.1, 0.15) is 53.6 Å². The van der Waals surface area contributed by atoms with Crippen LogP contribution in [-0.2, 0) is 0 Å². The van der Waals surface area contributed by atoms with Crippen molar-refractivity contribution in [1.82, 2.24) is 15.2 Å². The summed E-state index contributed by atoms with van der Waals surface area (Å²) in [5, 5.41) is 10.1. The molecule has 0 spiro atoms. The molecular weight excluding hydrogens is 613 g/mol. The third-order valence-corrected chi connectivity index (χ3v) is 10.8.